The Morgan fingerprint density at radius 3 is 2.40 bits per heavy atom. The molecule has 1 aliphatic rings. The number of benzene rings is 1. The maximum Gasteiger partial charge on any atom is 0.330 e. The van der Waals surface area contributed by atoms with Gasteiger partial charge in [0.2, 0.25) is 0 Å². The van der Waals surface area contributed by atoms with Gasteiger partial charge in [0, 0.05) is 11.3 Å². The zero-order valence-corrected chi connectivity index (χ0v) is 12.5. The molecule has 108 valence electrons. The average molecular weight is 293 g/mol. The minimum absolute atomic E-state index is 0.315. The van der Waals surface area contributed by atoms with E-state index < -0.39 is 11.5 Å². The van der Waals surface area contributed by atoms with Crippen LogP contribution in [0.5, 0.6) is 0 Å². The summed E-state index contributed by atoms with van der Waals surface area (Å²) in [5, 5.41) is 12.0. The van der Waals surface area contributed by atoms with Gasteiger partial charge < -0.3 is 10.4 Å². The fourth-order valence-corrected chi connectivity index (χ4v) is 3.52. The molecule has 1 saturated heterocycles. The van der Waals surface area contributed by atoms with Gasteiger partial charge in [0.05, 0.1) is 0 Å². The lowest BCUT2D eigenvalue weighted by molar-refractivity contribution is -0.143. The number of hydrogen-bond donors (Lipinski definition) is 2. The van der Waals surface area contributed by atoms with Crippen LogP contribution < -0.4 is 5.32 Å². The molecule has 0 aromatic heterocycles. The number of aliphatic carboxylic acids is 1. The van der Waals surface area contributed by atoms with E-state index in [1.54, 1.807) is 23.9 Å². The summed E-state index contributed by atoms with van der Waals surface area (Å²) < 4.78 is 0. The Labute approximate surface area is 123 Å². The second-order valence-electron chi connectivity index (χ2n) is 5.42. The monoisotopic (exact) mass is 293 g/mol. The van der Waals surface area contributed by atoms with Crippen LogP contribution in [0.15, 0.2) is 24.3 Å². The summed E-state index contributed by atoms with van der Waals surface area (Å²) >= 11 is 1.56. The molecule has 0 aliphatic carbocycles. The maximum atomic E-state index is 12.2. The van der Waals surface area contributed by atoms with E-state index in [-0.39, 0.29) is 5.91 Å². The first-order valence-corrected chi connectivity index (χ1v) is 7.84. The molecule has 1 heterocycles. The SMILES string of the molecule is CC(C)c1ccc(C(=O)NC2(C(=O)O)CCSC2)cc1. The Kier molecular flexibility index (Phi) is 4.38. The van der Waals surface area contributed by atoms with Gasteiger partial charge in [-0.1, -0.05) is 26.0 Å². The molecule has 0 bridgehead atoms. The Bertz CT molecular complexity index is 504. The van der Waals surface area contributed by atoms with Crippen molar-refractivity contribution in [2.45, 2.75) is 31.7 Å². The Morgan fingerprint density at radius 2 is 1.95 bits per heavy atom. The quantitative estimate of drug-likeness (QED) is 0.895. The summed E-state index contributed by atoms with van der Waals surface area (Å²) in [6.45, 7) is 4.18. The number of hydrogen-bond acceptors (Lipinski definition) is 3. The summed E-state index contributed by atoms with van der Waals surface area (Å²) in [7, 11) is 0. The van der Waals surface area contributed by atoms with Crippen molar-refractivity contribution in [2.75, 3.05) is 11.5 Å². The predicted octanol–water partition coefficient (Wildman–Crippen LogP) is 2.50. The summed E-state index contributed by atoms with van der Waals surface area (Å²) in [5.74, 6) is 0.334. The fourth-order valence-electron chi connectivity index (χ4n) is 2.19. The number of carbonyl (C=O) groups excluding carboxylic acids is 1. The van der Waals surface area contributed by atoms with Crippen molar-refractivity contribution in [3.8, 4) is 0 Å². The molecule has 0 saturated carbocycles. The predicted molar refractivity (Wildman–Crippen MR) is 80.3 cm³/mol. The first-order chi connectivity index (χ1) is 9.44. The summed E-state index contributed by atoms with van der Waals surface area (Å²) in [6.07, 6.45) is 0.475. The van der Waals surface area contributed by atoms with E-state index in [1.165, 1.54) is 0 Å². The number of carboxylic acid groups (broad SMARTS) is 1. The molecule has 2 N–H and O–H groups in total. The third-order valence-corrected chi connectivity index (χ3v) is 4.81. The van der Waals surface area contributed by atoms with E-state index in [2.05, 4.69) is 19.2 Å². The van der Waals surface area contributed by atoms with E-state index in [0.717, 1.165) is 11.3 Å². The van der Waals surface area contributed by atoms with Crippen molar-refractivity contribution in [1.29, 1.82) is 0 Å². The van der Waals surface area contributed by atoms with Crippen LogP contribution in [0.1, 0.15) is 42.1 Å². The molecule has 1 aromatic carbocycles. The lowest BCUT2D eigenvalue weighted by Crippen LogP contribution is -2.54. The van der Waals surface area contributed by atoms with E-state index in [4.69, 9.17) is 0 Å². The van der Waals surface area contributed by atoms with Crippen LogP contribution in [0.25, 0.3) is 0 Å². The van der Waals surface area contributed by atoms with Crippen LogP contribution >= 0.6 is 11.8 Å². The van der Waals surface area contributed by atoms with Gasteiger partial charge in [0.1, 0.15) is 5.54 Å². The minimum Gasteiger partial charge on any atom is -0.479 e. The number of rotatable bonds is 4. The lowest BCUT2D eigenvalue weighted by Gasteiger charge is -2.24. The molecule has 0 spiro atoms. The largest absolute Gasteiger partial charge is 0.479 e. The van der Waals surface area contributed by atoms with Crippen molar-refractivity contribution in [3.63, 3.8) is 0 Å². The zero-order chi connectivity index (χ0) is 14.8. The average Bonchev–Trinajstić information content (AvgIpc) is 2.88. The molecule has 1 aliphatic heterocycles. The van der Waals surface area contributed by atoms with Gasteiger partial charge in [0.25, 0.3) is 5.91 Å². The van der Waals surface area contributed by atoms with Gasteiger partial charge in [-0.25, -0.2) is 4.79 Å². The van der Waals surface area contributed by atoms with Gasteiger partial charge >= 0.3 is 5.97 Å². The standard InChI is InChI=1S/C15H19NO3S/c1-10(2)11-3-5-12(6-4-11)13(17)16-15(14(18)19)7-8-20-9-15/h3-6,10H,7-9H2,1-2H3,(H,16,17)(H,18,19). The highest BCUT2D eigenvalue weighted by Gasteiger charge is 2.43. The highest BCUT2D eigenvalue weighted by atomic mass is 32.2. The second-order valence-corrected chi connectivity index (χ2v) is 6.53. The highest BCUT2D eigenvalue weighted by Crippen LogP contribution is 2.28. The number of carboxylic acids is 1. The normalized spacial score (nSPS) is 21.9. The minimum atomic E-state index is -1.11. The van der Waals surface area contributed by atoms with E-state index >= 15 is 0 Å². The first kappa shape index (κ1) is 14.9. The Hall–Kier alpha value is -1.49. The highest BCUT2D eigenvalue weighted by molar-refractivity contribution is 7.99. The van der Waals surface area contributed by atoms with Crippen molar-refractivity contribution < 1.29 is 14.7 Å². The number of amides is 1. The molecule has 20 heavy (non-hydrogen) atoms. The molecule has 1 atom stereocenters. The van der Waals surface area contributed by atoms with Crippen LogP contribution in [0, 0.1) is 0 Å². The summed E-state index contributed by atoms with van der Waals surface area (Å²) in [6, 6.07) is 7.33. The number of thioether (sulfide) groups is 1. The molecular formula is C15H19NO3S. The fraction of sp³-hybridized carbons (Fsp3) is 0.467. The van der Waals surface area contributed by atoms with Gasteiger partial charge in [-0.3, -0.25) is 4.79 Å². The molecule has 2 rings (SSSR count). The van der Waals surface area contributed by atoms with Gasteiger partial charge in [0.15, 0.2) is 0 Å². The van der Waals surface area contributed by atoms with Crippen molar-refractivity contribution in [3.05, 3.63) is 35.4 Å². The topological polar surface area (TPSA) is 66.4 Å². The van der Waals surface area contributed by atoms with Crippen molar-refractivity contribution in [2.24, 2.45) is 0 Å². The third kappa shape index (κ3) is 2.98. The maximum absolute atomic E-state index is 12.2. The van der Waals surface area contributed by atoms with E-state index in [9.17, 15) is 14.7 Å². The molecule has 4 nitrogen and oxygen atoms in total. The third-order valence-electron chi connectivity index (χ3n) is 3.62. The Balaban J connectivity index is 2.13. The van der Waals surface area contributed by atoms with E-state index in [0.29, 0.717) is 23.7 Å². The van der Waals surface area contributed by atoms with Crippen molar-refractivity contribution >= 4 is 23.6 Å². The van der Waals surface area contributed by atoms with Gasteiger partial charge in [-0.05, 0) is 35.8 Å². The molecule has 1 fully saturated rings. The zero-order valence-electron chi connectivity index (χ0n) is 11.7. The van der Waals surface area contributed by atoms with Crippen LogP contribution in [0.2, 0.25) is 0 Å². The molecule has 1 aromatic rings. The Morgan fingerprint density at radius 1 is 1.30 bits per heavy atom. The molecule has 1 unspecified atom stereocenters. The van der Waals surface area contributed by atoms with Crippen LogP contribution in [0.4, 0.5) is 0 Å². The molecule has 1 amide bonds. The second kappa shape index (κ2) is 5.87. The summed E-state index contributed by atoms with van der Waals surface area (Å²) in [4.78, 5) is 23.6. The lowest BCUT2D eigenvalue weighted by atomic mass is 9.97. The molecule has 0 radical (unpaired) electrons. The number of nitrogens with one attached hydrogen (secondary N) is 1. The van der Waals surface area contributed by atoms with Crippen molar-refractivity contribution in [1.82, 2.24) is 5.32 Å². The van der Waals surface area contributed by atoms with E-state index in [1.807, 2.05) is 12.1 Å². The molecule has 5 heteroatoms. The van der Waals surface area contributed by atoms with Gasteiger partial charge in [-0.15, -0.1) is 0 Å². The molecular weight excluding hydrogens is 274 g/mol. The van der Waals surface area contributed by atoms with Crippen LogP contribution in [-0.4, -0.2) is 34.0 Å². The van der Waals surface area contributed by atoms with Crippen LogP contribution in [-0.2, 0) is 4.79 Å². The summed E-state index contributed by atoms with van der Waals surface area (Å²) in [5.41, 5.74) is 0.552. The smallest absolute Gasteiger partial charge is 0.330 e. The van der Waals surface area contributed by atoms with Gasteiger partial charge in [-0.2, -0.15) is 11.8 Å². The number of carbonyl (C=O) groups is 2. The first-order valence-electron chi connectivity index (χ1n) is 6.68. The van der Waals surface area contributed by atoms with Crippen LogP contribution in [0.3, 0.4) is 0 Å².